The van der Waals surface area contributed by atoms with Gasteiger partial charge in [0.15, 0.2) is 0 Å². The molecule has 0 radical (unpaired) electrons. The Labute approximate surface area is 119 Å². The Morgan fingerprint density at radius 3 is 2.80 bits per heavy atom. The van der Waals surface area contributed by atoms with E-state index in [2.05, 4.69) is 16.9 Å². The number of likely N-dealkylation sites (tertiary alicyclic amines) is 1. The lowest BCUT2D eigenvalue weighted by molar-refractivity contribution is 0.0575. The second-order valence-corrected chi connectivity index (χ2v) is 4.75. The number of aryl methyl sites for hydroxylation is 1. The first-order valence-electron chi connectivity index (χ1n) is 7.12. The van der Waals surface area contributed by atoms with E-state index in [1.165, 1.54) is 0 Å². The van der Waals surface area contributed by atoms with Crippen LogP contribution >= 0.6 is 0 Å². The van der Waals surface area contributed by atoms with Gasteiger partial charge in [-0.3, -0.25) is 0 Å². The van der Waals surface area contributed by atoms with Crippen molar-refractivity contribution >= 4 is 6.09 Å². The first-order chi connectivity index (χ1) is 9.72. The van der Waals surface area contributed by atoms with Gasteiger partial charge in [0, 0.05) is 18.9 Å². The lowest BCUT2D eigenvalue weighted by Gasteiger charge is -2.31. The molecule has 0 bridgehead atoms. The zero-order valence-corrected chi connectivity index (χ0v) is 12.0. The molecule has 0 aliphatic carbocycles. The van der Waals surface area contributed by atoms with E-state index in [1.54, 1.807) is 24.2 Å². The van der Waals surface area contributed by atoms with E-state index < -0.39 is 0 Å². The standard InChI is InChI=1S/C14H21N3O3/c1-3-11-8-15-13(16-9-11)20-12-6-5-7-17(10-12)14(18)19-4-2/h8-9,12H,3-7,10H2,1-2H3. The molecular formula is C14H21N3O3. The summed E-state index contributed by atoms with van der Waals surface area (Å²) >= 11 is 0. The highest BCUT2D eigenvalue weighted by molar-refractivity contribution is 5.67. The Hall–Kier alpha value is -1.85. The van der Waals surface area contributed by atoms with Gasteiger partial charge in [-0.25, -0.2) is 14.8 Å². The highest BCUT2D eigenvalue weighted by atomic mass is 16.6. The van der Waals surface area contributed by atoms with Gasteiger partial charge in [0.2, 0.25) is 0 Å². The summed E-state index contributed by atoms with van der Waals surface area (Å²) in [5.74, 6) is 0. The number of carbonyl (C=O) groups is 1. The molecule has 1 atom stereocenters. The summed E-state index contributed by atoms with van der Waals surface area (Å²) in [6.45, 7) is 5.49. The monoisotopic (exact) mass is 279 g/mol. The lowest BCUT2D eigenvalue weighted by Crippen LogP contribution is -2.44. The molecule has 0 N–H and O–H groups in total. The van der Waals surface area contributed by atoms with Crippen LogP contribution in [0.4, 0.5) is 4.79 Å². The summed E-state index contributed by atoms with van der Waals surface area (Å²) in [7, 11) is 0. The molecule has 1 unspecified atom stereocenters. The van der Waals surface area contributed by atoms with Gasteiger partial charge < -0.3 is 14.4 Å². The van der Waals surface area contributed by atoms with Crippen LogP contribution in [0.2, 0.25) is 0 Å². The molecule has 20 heavy (non-hydrogen) atoms. The smallest absolute Gasteiger partial charge is 0.409 e. The normalized spacial score (nSPS) is 18.7. The maximum absolute atomic E-state index is 11.7. The molecule has 1 aromatic rings. The van der Waals surface area contributed by atoms with Crippen LogP contribution in [-0.2, 0) is 11.2 Å². The fraction of sp³-hybridized carbons (Fsp3) is 0.643. The quantitative estimate of drug-likeness (QED) is 0.844. The van der Waals surface area contributed by atoms with Gasteiger partial charge in [0.1, 0.15) is 6.10 Å². The number of amides is 1. The Morgan fingerprint density at radius 2 is 2.15 bits per heavy atom. The number of aromatic nitrogens is 2. The van der Waals surface area contributed by atoms with Crippen LogP contribution in [0, 0.1) is 0 Å². The van der Waals surface area contributed by atoms with Gasteiger partial charge in [0.25, 0.3) is 0 Å². The molecule has 1 aliphatic rings. The molecule has 1 aromatic heterocycles. The van der Waals surface area contributed by atoms with Crippen LogP contribution in [-0.4, -0.2) is 46.8 Å². The van der Waals surface area contributed by atoms with E-state index in [9.17, 15) is 4.79 Å². The summed E-state index contributed by atoms with van der Waals surface area (Å²) < 4.78 is 10.8. The minimum atomic E-state index is -0.275. The molecule has 2 rings (SSSR count). The number of nitrogens with zero attached hydrogens (tertiary/aromatic N) is 3. The average Bonchev–Trinajstić information content (AvgIpc) is 2.48. The molecule has 0 spiro atoms. The predicted octanol–water partition coefficient (Wildman–Crippen LogP) is 2.04. The van der Waals surface area contributed by atoms with Crippen LogP contribution in [0.5, 0.6) is 6.01 Å². The van der Waals surface area contributed by atoms with Gasteiger partial charge in [-0.2, -0.15) is 0 Å². The van der Waals surface area contributed by atoms with Crippen LogP contribution in [0.15, 0.2) is 12.4 Å². The summed E-state index contributed by atoms with van der Waals surface area (Å²) in [4.78, 5) is 21.7. The van der Waals surface area contributed by atoms with E-state index in [0.717, 1.165) is 24.8 Å². The third-order valence-electron chi connectivity index (χ3n) is 3.27. The molecule has 110 valence electrons. The molecule has 0 saturated carbocycles. The Bertz CT molecular complexity index is 436. The maximum Gasteiger partial charge on any atom is 0.409 e. The number of hydrogen-bond donors (Lipinski definition) is 0. The van der Waals surface area contributed by atoms with E-state index in [4.69, 9.17) is 9.47 Å². The minimum absolute atomic E-state index is 0.0689. The van der Waals surface area contributed by atoms with Gasteiger partial charge in [-0.15, -0.1) is 0 Å². The van der Waals surface area contributed by atoms with E-state index >= 15 is 0 Å². The summed E-state index contributed by atoms with van der Waals surface area (Å²) in [6.07, 6.45) is 5.90. The number of ether oxygens (including phenoxy) is 2. The van der Waals surface area contributed by atoms with Gasteiger partial charge in [-0.05, 0) is 31.7 Å². The van der Waals surface area contributed by atoms with Crippen LogP contribution in [0.25, 0.3) is 0 Å². The van der Waals surface area contributed by atoms with E-state index in [1.807, 2.05) is 0 Å². The predicted molar refractivity (Wildman–Crippen MR) is 73.7 cm³/mol. The van der Waals surface area contributed by atoms with Crippen molar-refractivity contribution in [1.29, 1.82) is 0 Å². The largest absolute Gasteiger partial charge is 0.458 e. The highest BCUT2D eigenvalue weighted by Crippen LogP contribution is 2.16. The third kappa shape index (κ3) is 3.82. The van der Waals surface area contributed by atoms with Crippen molar-refractivity contribution in [2.45, 2.75) is 39.2 Å². The number of hydrogen-bond acceptors (Lipinski definition) is 5. The van der Waals surface area contributed by atoms with Gasteiger partial charge in [0.05, 0.1) is 13.2 Å². The summed E-state index contributed by atoms with van der Waals surface area (Å²) in [5, 5.41) is 0. The van der Waals surface area contributed by atoms with Crippen molar-refractivity contribution in [3.8, 4) is 6.01 Å². The number of piperidine rings is 1. The maximum atomic E-state index is 11.7. The first kappa shape index (κ1) is 14.6. The van der Waals surface area contributed by atoms with Gasteiger partial charge >= 0.3 is 12.1 Å². The molecule has 1 amide bonds. The summed E-state index contributed by atoms with van der Waals surface area (Å²) in [5.41, 5.74) is 1.08. The fourth-order valence-corrected chi connectivity index (χ4v) is 2.15. The van der Waals surface area contributed by atoms with Crippen molar-refractivity contribution in [1.82, 2.24) is 14.9 Å². The molecular weight excluding hydrogens is 258 g/mol. The molecule has 6 nitrogen and oxygen atoms in total. The van der Waals surface area contributed by atoms with Crippen molar-refractivity contribution in [3.05, 3.63) is 18.0 Å². The zero-order chi connectivity index (χ0) is 14.4. The van der Waals surface area contributed by atoms with Crippen LogP contribution in [0.1, 0.15) is 32.3 Å². The van der Waals surface area contributed by atoms with Crippen molar-refractivity contribution in [2.24, 2.45) is 0 Å². The minimum Gasteiger partial charge on any atom is -0.458 e. The average molecular weight is 279 g/mol. The summed E-state index contributed by atoms with van der Waals surface area (Å²) in [6, 6.07) is 0.373. The van der Waals surface area contributed by atoms with E-state index in [-0.39, 0.29) is 12.2 Å². The second kappa shape index (κ2) is 7.07. The van der Waals surface area contributed by atoms with Crippen molar-refractivity contribution in [2.75, 3.05) is 19.7 Å². The molecule has 1 fully saturated rings. The van der Waals surface area contributed by atoms with Crippen LogP contribution in [0.3, 0.4) is 0 Å². The Morgan fingerprint density at radius 1 is 1.40 bits per heavy atom. The molecule has 1 saturated heterocycles. The molecule has 2 heterocycles. The highest BCUT2D eigenvalue weighted by Gasteiger charge is 2.26. The van der Waals surface area contributed by atoms with Crippen LogP contribution < -0.4 is 4.74 Å². The molecule has 1 aliphatic heterocycles. The third-order valence-corrected chi connectivity index (χ3v) is 3.27. The Kier molecular flexibility index (Phi) is 5.15. The second-order valence-electron chi connectivity index (χ2n) is 4.75. The van der Waals surface area contributed by atoms with Crippen molar-refractivity contribution in [3.63, 3.8) is 0 Å². The Balaban J connectivity index is 1.90. The number of rotatable bonds is 4. The fourth-order valence-electron chi connectivity index (χ4n) is 2.15. The zero-order valence-electron chi connectivity index (χ0n) is 12.0. The molecule has 0 aromatic carbocycles. The van der Waals surface area contributed by atoms with E-state index in [0.29, 0.717) is 25.7 Å². The molecule has 6 heteroatoms. The SMILES string of the molecule is CCOC(=O)N1CCCC(Oc2ncc(CC)cn2)C1. The van der Waals surface area contributed by atoms with Gasteiger partial charge in [-0.1, -0.05) is 6.92 Å². The number of carbonyl (C=O) groups excluding carboxylic acids is 1. The first-order valence-corrected chi connectivity index (χ1v) is 7.12. The van der Waals surface area contributed by atoms with Crippen molar-refractivity contribution < 1.29 is 14.3 Å². The lowest BCUT2D eigenvalue weighted by atomic mass is 10.1. The topological polar surface area (TPSA) is 64.5 Å².